The van der Waals surface area contributed by atoms with E-state index in [0.29, 0.717) is 13.1 Å². The first-order valence-electron chi connectivity index (χ1n) is 6.71. The van der Waals surface area contributed by atoms with Gasteiger partial charge in [-0.05, 0) is 35.2 Å². The molecule has 0 aromatic carbocycles. The standard InChI is InChI=1S/C14H22N2O2S/c1-9(2)13(15)14(17)16-6-10(3)18-12(7-16)11-4-5-19-8-11/h4-5,8-10,12-13H,6-7,15H2,1-3H3/t10?,12?,13-/m0/s1. The van der Waals surface area contributed by atoms with Crippen molar-refractivity contribution in [1.29, 1.82) is 0 Å². The van der Waals surface area contributed by atoms with Gasteiger partial charge in [-0.2, -0.15) is 11.3 Å². The number of hydrogen-bond acceptors (Lipinski definition) is 4. The van der Waals surface area contributed by atoms with Gasteiger partial charge >= 0.3 is 0 Å². The summed E-state index contributed by atoms with van der Waals surface area (Å²) in [6.07, 6.45) is 0.0141. The Labute approximate surface area is 118 Å². The third kappa shape index (κ3) is 3.35. The predicted octanol–water partition coefficient (Wildman–Crippen LogP) is 2.02. The number of carbonyl (C=O) groups excluding carboxylic acids is 1. The predicted molar refractivity (Wildman–Crippen MR) is 77.0 cm³/mol. The number of amides is 1. The van der Waals surface area contributed by atoms with Crippen LogP contribution in [0.5, 0.6) is 0 Å². The molecule has 1 saturated heterocycles. The molecule has 1 fully saturated rings. The fourth-order valence-electron chi connectivity index (χ4n) is 2.27. The Morgan fingerprint density at radius 1 is 1.53 bits per heavy atom. The van der Waals surface area contributed by atoms with Crippen molar-refractivity contribution in [2.24, 2.45) is 11.7 Å². The first-order chi connectivity index (χ1) is 8.99. The van der Waals surface area contributed by atoms with Crippen LogP contribution in [0.1, 0.15) is 32.4 Å². The first-order valence-corrected chi connectivity index (χ1v) is 7.65. The third-order valence-corrected chi connectivity index (χ3v) is 4.19. The molecule has 0 spiro atoms. The van der Waals surface area contributed by atoms with Gasteiger partial charge in [0.15, 0.2) is 0 Å². The maximum absolute atomic E-state index is 12.3. The molecule has 2 rings (SSSR count). The highest BCUT2D eigenvalue weighted by Gasteiger charge is 2.32. The van der Waals surface area contributed by atoms with Gasteiger partial charge in [-0.15, -0.1) is 0 Å². The molecule has 0 aliphatic carbocycles. The van der Waals surface area contributed by atoms with Crippen LogP contribution in [0.2, 0.25) is 0 Å². The van der Waals surface area contributed by atoms with Crippen LogP contribution in [0.25, 0.3) is 0 Å². The molecule has 2 N–H and O–H groups in total. The van der Waals surface area contributed by atoms with E-state index in [2.05, 4.69) is 11.4 Å². The number of rotatable bonds is 3. The van der Waals surface area contributed by atoms with E-state index in [9.17, 15) is 4.79 Å². The molecule has 2 unspecified atom stereocenters. The van der Waals surface area contributed by atoms with Crippen molar-refractivity contribution in [2.75, 3.05) is 13.1 Å². The number of nitrogens with zero attached hydrogens (tertiary/aromatic N) is 1. The van der Waals surface area contributed by atoms with Gasteiger partial charge in [-0.1, -0.05) is 13.8 Å². The summed E-state index contributed by atoms with van der Waals surface area (Å²) in [6, 6.07) is 1.63. The van der Waals surface area contributed by atoms with E-state index >= 15 is 0 Å². The van der Waals surface area contributed by atoms with Crippen molar-refractivity contribution in [3.63, 3.8) is 0 Å². The van der Waals surface area contributed by atoms with E-state index in [1.165, 1.54) is 0 Å². The quantitative estimate of drug-likeness (QED) is 0.923. The summed E-state index contributed by atoms with van der Waals surface area (Å²) in [7, 11) is 0. The van der Waals surface area contributed by atoms with Crippen molar-refractivity contribution in [2.45, 2.75) is 39.0 Å². The van der Waals surface area contributed by atoms with Crippen LogP contribution in [0.15, 0.2) is 16.8 Å². The van der Waals surface area contributed by atoms with Gasteiger partial charge in [-0.3, -0.25) is 4.79 Å². The highest BCUT2D eigenvalue weighted by Crippen LogP contribution is 2.27. The lowest BCUT2D eigenvalue weighted by molar-refractivity contribution is -0.147. The van der Waals surface area contributed by atoms with Gasteiger partial charge in [0.1, 0.15) is 6.10 Å². The maximum Gasteiger partial charge on any atom is 0.239 e. The second-order valence-corrected chi connectivity index (χ2v) is 6.29. The zero-order valence-electron chi connectivity index (χ0n) is 11.7. The molecule has 19 heavy (non-hydrogen) atoms. The maximum atomic E-state index is 12.3. The van der Waals surface area contributed by atoms with Gasteiger partial charge < -0.3 is 15.4 Å². The van der Waals surface area contributed by atoms with Crippen LogP contribution in [-0.4, -0.2) is 36.0 Å². The molecule has 0 saturated carbocycles. The summed E-state index contributed by atoms with van der Waals surface area (Å²) in [5, 5.41) is 4.11. The number of thiophene rings is 1. The van der Waals surface area contributed by atoms with E-state index in [1.807, 2.05) is 31.1 Å². The van der Waals surface area contributed by atoms with Crippen LogP contribution in [-0.2, 0) is 9.53 Å². The van der Waals surface area contributed by atoms with Crippen LogP contribution < -0.4 is 5.73 Å². The lowest BCUT2D eigenvalue weighted by atomic mass is 10.0. The zero-order valence-corrected chi connectivity index (χ0v) is 12.5. The smallest absolute Gasteiger partial charge is 0.239 e. The van der Waals surface area contributed by atoms with Gasteiger partial charge in [0.05, 0.1) is 18.7 Å². The molecule has 2 heterocycles. The Morgan fingerprint density at radius 2 is 2.26 bits per heavy atom. The van der Waals surface area contributed by atoms with Crippen molar-refractivity contribution < 1.29 is 9.53 Å². The Balaban J connectivity index is 2.08. The lowest BCUT2D eigenvalue weighted by Gasteiger charge is -2.38. The zero-order chi connectivity index (χ0) is 14.0. The molecule has 5 heteroatoms. The summed E-state index contributed by atoms with van der Waals surface area (Å²) in [5.74, 6) is 0.190. The summed E-state index contributed by atoms with van der Waals surface area (Å²) in [5.41, 5.74) is 7.12. The summed E-state index contributed by atoms with van der Waals surface area (Å²) in [4.78, 5) is 14.2. The summed E-state index contributed by atoms with van der Waals surface area (Å²) in [6.45, 7) is 7.17. The fourth-order valence-corrected chi connectivity index (χ4v) is 2.97. The van der Waals surface area contributed by atoms with Crippen LogP contribution in [0.4, 0.5) is 0 Å². The average Bonchev–Trinajstić information content (AvgIpc) is 2.90. The molecule has 1 aromatic rings. The molecule has 3 atom stereocenters. The number of nitrogens with two attached hydrogens (primary N) is 1. The number of carbonyl (C=O) groups is 1. The largest absolute Gasteiger partial charge is 0.367 e. The average molecular weight is 282 g/mol. The van der Waals surface area contributed by atoms with Crippen LogP contribution in [0, 0.1) is 5.92 Å². The van der Waals surface area contributed by atoms with Crippen LogP contribution in [0.3, 0.4) is 0 Å². The minimum Gasteiger partial charge on any atom is -0.367 e. The number of morpholine rings is 1. The van der Waals surface area contributed by atoms with Gasteiger partial charge in [0, 0.05) is 6.54 Å². The van der Waals surface area contributed by atoms with E-state index in [0.717, 1.165) is 5.56 Å². The minimum absolute atomic E-state index is 0.0293. The summed E-state index contributed by atoms with van der Waals surface area (Å²) < 4.78 is 5.92. The topological polar surface area (TPSA) is 55.6 Å². The van der Waals surface area contributed by atoms with Crippen molar-refractivity contribution in [3.8, 4) is 0 Å². The fraction of sp³-hybridized carbons (Fsp3) is 0.643. The Hall–Kier alpha value is -0.910. The molecule has 106 valence electrons. The van der Waals surface area contributed by atoms with E-state index in [1.54, 1.807) is 11.3 Å². The first kappa shape index (κ1) is 14.5. The molecule has 1 amide bonds. The molecular weight excluding hydrogens is 260 g/mol. The SMILES string of the molecule is CC1CN(C(=O)[C@@H](N)C(C)C)CC(c2ccsc2)O1. The van der Waals surface area contributed by atoms with Crippen molar-refractivity contribution in [3.05, 3.63) is 22.4 Å². The van der Waals surface area contributed by atoms with Gasteiger partial charge in [0.2, 0.25) is 5.91 Å². The highest BCUT2D eigenvalue weighted by atomic mass is 32.1. The Bertz CT molecular complexity index is 419. The van der Waals surface area contributed by atoms with Crippen LogP contribution >= 0.6 is 11.3 Å². The Kier molecular flexibility index (Phi) is 4.60. The lowest BCUT2D eigenvalue weighted by Crippen LogP contribution is -2.53. The Morgan fingerprint density at radius 3 is 2.84 bits per heavy atom. The van der Waals surface area contributed by atoms with E-state index < -0.39 is 6.04 Å². The van der Waals surface area contributed by atoms with Gasteiger partial charge in [-0.25, -0.2) is 0 Å². The molecule has 1 aliphatic rings. The summed E-state index contributed by atoms with van der Waals surface area (Å²) >= 11 is 1.65. The monoisotopic (exact) mass is 282 g/mol. The molecule has 0 bridgehead atoms. The molecular formula is C14H22N2O2S. The van der Waals surface area contributed by atoms with E-state index in [-0.39, 0.29) is 24.0 Å². The van der Waals surface area contributed by atoms with E-state index in [4.69, 9.17) is 10.5 Å². The molecule has 1 aliphatic heterocycles. The van der Waals surface area contributed by atoms with Crippen molar-refractivity contribution >= 4 is 17.2 Å². The normalized spacial score (nSPS) is 25.6. The van der Waals surface area contributed by atoms with Crippen molar-refractivity contribution in [1.82, 2.24) is 4.90 Å². The molecule has 4 nitrogen and oxygen atoms in total. The highest BCUT2D eigenvalue weighted by molar-refractivity contribution is 7.07. The third-order valence-electron chi connectivity index (χ3n) is 3.49. The minimum atomic E-state index is -0.423. The molecule has 0 radical (unpaired) electrons. The molecule has 1 aromatic heterocycles. The number of hydrogen-bond donors (Lipinski definition) is 1. The second kappa shape index (κ2) is 6.03. The number of ether oxygens (including phenoxy) is 1. The van der Waals surface area contributed by atoms with Gasteiger partial charge in [0.25, 0.3) is 0 Å². The second-order valence-electron chi connectivity index (χ2n) is 5.51.